The molecule has 2 amide bonds. The van der Waals surface area contributed by atoms with Crippen LogP contribution in [0.25, 0.3) is 11.1 Å². The zero-order chi connectivity index (χ0) is 23.6. The molecule has 0 spiro atoms. The number of thioether (sulfide) groups is 1. The minimum Gasteiger partial charge on any atom is -0.481 e. The fourth-order valence-corrected chi connectivity index (χ4v) is 4.33. The number of carboxylic acid groups (broad SMARTS) is 1. The number of hydrogen-bond donors (Lipinski definition) is 3. The highest BCUT2D eigenvalue weighted by Crippen LogP contribution is 2.44. The summed E-state index contributed by atoms with van der Waals surface area (Å²) in [6.07, 6.45) is 4.14. The number of fused-ring (bicyclic) bond motifs is 3. The van der Waals surface area contributed by atoms with E-state index >= 15 is 0 Å². The Morgan fingerprint density at radius 2 is 1.73 bits per heavy atom. The topological polar surface area (TPSA) is 105 Å². The maximum Gasteiger partial charge on any atom is 0.407 e. The third-order valence-electron chi connectivity index (χ3n) is 5.33. The quantitative estimate of drug-likeness (QED) is 0.347. The predicted octanol–water partition coefficient (Wildman–Crippen LogP) is 3.24. The molecule has 3 rings (SSSR count). The number of alkyl carbamates (subject to hydrolysis) is 1. The molecular formula is C25H26N2O5S. The fourth-order valence-electron chi connectivity index (χ4n) is 3.82. The molecule has 8 heteroatoms. The van der Waals surface area contributed by atoms with Gasteiger partial charge in [-0.25, -0.2) is 4.79 Å². The Hall–Kier alpha value is -3.44. The second-order valence-corrected chi connectivity index (χ2v) is 8.61. The Bertz CT molecular complexity index is 1000. The van der Waals surface area contributed by atoms with Crippen LogP contribution in [0.5, 0.6) is 0 Å². The molecule has 0 aliphatic heterocycles. The van der Waals surface area contributed by atoms with Gasteiger partial charge in [-0.05, 0) is 28.7 Å². The van der Waals surface area contributed by atoms with E-state index in [9.17, 15) is 14.4 Å². The monoisotopic (exact) mass is 466 g/mol. The second kappa shape index (κ2) is 12.0. The van der Waals surface area contributed by atoms with Crippen LogP contribution in [0.3, 0.4) is 0 Å². The summed E-state index contributed by atoms with van der Waals surface area (Å²) >= 11 is 1.49. The molecule has 1 aliphatic carbocycles. The number of terminal acetylenes is 1. The summed E-state index contributed by atoms with van der Waals surface area (Å²) in [6, 6.07) is 15.0. The number of ether oxygens (including phenoxy) is 1. The number of nitrogens with one attached hydrogen (secondary N) is 2. The van der Waals surface area contributed by atoms with Crippen LogP contribution in [0.2, 0.25) is 0 Å². The second-order valence-electron chi connectivity index (χ2n) is 7.50. The molecule has 0 saturated carbocycles. The van der Waals surface area contributed by atoms with E-state index in [1.807, 2.05) is 48.5 Å². The first-order valence-corrected chi connectivity index (χ1v) is 11.8. The highest BCUT2D eigenvalue weighted by molar-refractivity contribution is 7.99. The van der Waals surface area contributed by atoms with Crippen molar-refractivity contribution < 1.29 is 24.2 Å². The number of amides is 2. The van der Waals surface area contributed by atoms with E-state index < -0.39 is 24.0 Å². The zero-order valence-electron chi connectivity index (χ0n) is 18.1. The van der Waals surface area contributed by atoms with Crippen LogP contribution in [0.15, 0.2) is 48.5 Å². The lowest BCUT2D eigenvalue weighted by Crippen LogP contribution is -2.47. The van der Waals surface area contributed by atoms with Crippen LogP contribution in [0, 0.1) is 12.3 Å². The van der Waals surface area contributed by atoms with Crippen LogP contribution < -0.4 is 10.6 Å². The number of benzene rings is 2. The van der Waals surface area contributed by atoms with Crippen molar-refractivity contribution in [1.29, 1.82) is 0 Å². The molecule has 33 heavy (non-hydrogen) atoms. The first-order valence-electron chi connectivity index (χ1n) is 10.6. The standard InChI is InChI=1S/C25H26N2O5S/c1-2-14-33-15-13-26-24(30)22(11-12-23(28)29)27-25(31)32-16-21-19-9-5-3-7-17(19)18-8-4-6-10-20(18)21/h1,3-10,21-22H,11-16H2,(H,26,30)(H,27,31)(H,28,29). The third-order valence-corrected chi connectivity index (χ3v) is 6.19. The van der Waals surface area contributed by atoms with Crippen molar-refractivity contribution in [3.63, 3.8) is 0 Å². The van der Waals surface area contributed by atoms with Crippen LogP contribution in [-0.4, -0.2) is 53.8 Å². The molecule has 2 aromatic rings. The van der Waals surface area contributed by atoms with E-state index in [0.717, 1.165) is 22.3 Å². The number of carbonyl (C=O) groups excluding carboxylic acids is 2. The smallest absolute Gasteiger partial charge is 0.407 e. The Morgan fingerprint density at radius 3 is 2.33 bits per heavy atom. The van der Waals surface area contributed by atoms with Crippen LogP contribution in [0.1, 0.15) is 29.9 Å². The third kappa shape index (κ3) is 6.53. The fraction of sp³-hybridized carbons (Fsp3) is 0.320. The summed E-state index contributed by atoms with van der Waals surface area (Å²) in [7, 11) is 0. The van der Waals surface area contributed by atoms with Gasteiger partial charge in [0.2, 0.25) is 5.91 Å². The van der Waals surface area contributed by atoms with Gasteiger partial charge in [0.05, 0.1) is 5.75 Å². The van der Waals surface area contributed by atoms with Crippen molar-refractivity contribution >= 4 is 29.7 Å². The lowest BCUT2D eigenvalue weighted by Gasteiger charge is -2.19. The molecule has 0 saturated heterocycles. The van der Waals surface area contributed by atoms with Crippen LogP contribution >= 0.6 is 11.8 Å². The van der Waals surface area contributed by atoms with E-state index in [-0.39, 0.29) is 25.4 Å². The molecule has 0 fully saturated rings. The van der Waals surface area contributed by atoms with Crippen molar-refractivity contribution in [2.75, 3.05) is 24.7 Å². The normalized spacial score (nSPS) is 12.7. The van der Waals surface area contributed by atoms with E-state index in [2.05, 4.69) is 16.6 Å². The maximum atomic E-state index is 12.5. The van der Waals surface area contributed by atoms with Gasteiger partial charge in [0.1, 0.15) is 12.6 Å². The minimum atomic E-state index is -1.05. The molecule has 0 bridgehead atoms. The molecule has 172 valence electrons. The minimum absolute atomic E-state index is 0.0388. The van der Waals surface area contributed by atoms with Crippen LogP contribution in [-0.2, 0) is 14.3 Å². The zero-order valence-corrected chi connectivity index (χ0v) is 18.9. The lowest BCUT2D eigenvalue weighted by molar-refractivity contribution is -0.137. The van der Waals surface area contributed by atoms with Crippen molar-refractivity contribution in [2.45, 2.75) is 24.8 Å². The van der Waals surface area contributed by atoms with Gasteiger partial charge >= 0.3 is 12.1 Å². The van der Waals surface area contributed by atoms with Gasteiger partial charge in [-0.2, -0.15) is 0 Å². The van der Waals surface area contributed by atoms with Gasteiger partial charge in [-0.3, -0.25) is 9.59 Å². The highest BCUT2D eigenvalue weighted by Gasteiger charge is 2.29. The summed E-state index contributed by atoms with van der Waals surface area (Å²) in [6.45, 7) is 0.469. The first kappa shape index (κ1) is 24.2. The SMILES string of the molecule is C#CCSCCNC(=O)C(CCC(=O)O)NC(=O)OCC1c2ccccc2-c2ccccc21. The van der Waals surface area contributed by atoms with Crippen LogP contribution in [0.4, 0.5) is 4.79 Å². The lowest BCUT2D eigenvalue weighted by atomic mass is 9.98. The highest BCUT2D eigenvalue weighted by atomic mass is 32.2. The molecule has 2 aromatic carbocycles. The van der Waals surface area contributed by atoms with E-state index in [4.69, 9.17) is 16.3 Å². The number of carbonyl (C=O) groups is 3. The largest absolute Gasteiger partial charge is 0.481 e. The number of rotatable bonds is 11. The molecule has 1 aliphatic rings. The molecule has 1 unspecified atom stereocenters. The summed E-state index contributed by atoms with van der Waals surface area (Å²) in [5.74, 6) is 2.04. The molecule has 0 radical (unpaired) electrons. The van der Waals surface area contributed by atoms with Gasteiger partial charge in [0, 0.05) is 24.6 Å². The Kier molecular flexibility index (Phi) is 8.79. The van der Waals surface area contributed by atoms with Crippen molar-refractivity contribution in [3.8, 4) is 23.5 Å². The Morgan fingerprint density at radius 1 is 1.09 bits per heavy atom. The summed E-state index contributed by atoms with van der Waals surface area (Å²) < 4.78 is 5.48. The van der Waals surface area contributed by atoms with Gasteiger partial charge in [0.25, 0.3) is 0 Å². The van der Waals surface area contributed by atoms with E-state index in [1.165, 1.54) is 11.8 Å². The maximum absolute atomic E-state index is 12.5. The predicted molar refractivity (Wildman–Crippen MR) is 128 cm³/mol. The Labute approximate surface area is 197 Å². The molecule has 0 heterocycles. The van der Waals surface area contributed by atoms with E-state index in [0.29, 0.717) is 18.1 Å². The van der Waals surface area contributed by atoms with Gasteiger partial charge in [0.15, 0.2) is 0 Å². The van der Waals surface area contributed by atoms with E-state index in [1.54, 1.807) is 0 Å². The number of carboxylic acids is 1. The summed E-state index contributed by atoms with van der Waals surface area (Å²) in [4.78, 5) is 36.0. The molecule has 1 atom stereocenters. The molecule has 0 aromatic heterocycles. The van der Waals surface area contributed by atoms with Crippen molar-refractivity contribution in [1.82, 2.24) is 10.6 Å². The van der Waals surface area contributed by atoms with Crippen molar-refractivity contribution in [3.05, 3.63) is 59.7 Å². The first-order chi connectivity index (χ1) is 16.0. The summed E-state index contributed by atoms with van der Waals surface area (Å²) in [5, 5.41) is 14.2. The Balaban J connectivity index is 1.59. The van der Waals surface area contributed by atoms with Gasteiger partial charge < -0.3 is 20.5 Å². The average Bonchev–Trinajstić information content (AvgIpc) is 3.13. The van der Waals surface area contributed by atoms with Crippen molar-refractivity contribution in [2.24, 2.45) is 0 Å². The van der Waals surface area contributed by atoms with Gasteiger partial charge in [-0.1, -0.05) is 54.5 Å². The average molecular weight is 467 g/mol. The van der Waals surface area contributed by atoms with Gasteiger partial charge in [-0.15, -0.1) is 18.2 Å². The number of aliphatic carboxylic acids is 1. The number of hydrogen-bond acceptors (Lipinski definition) is 5. The molecule has 7 nitrogen and oxygen atoms in total. The molecular weight excluding hydrogens is 440 g/mol. The summed E-state index contributed by atoms with van der Waals surface area (Å²) in [5.41, 5.74) is 4.39. The molecule has 3 N–H and O–H groups in total.